The average Bonchev–Trinajstić information content (AvgIpc) is 2.39. The van der Waals surface area contributed by atoms with E-state index in [9.17, 15) is 0 Å². The summed E-state index contributed by atoms with van der Waals surface area (Å²) in [6.07, 6.45) is 5.55. The van der Waals surface area contributed by atoms with Crippen molar-refractivity contribution in [2.24, 2.45) is 0 Å². The molecule has 1 N–H and O–H groups in total. The zero-order chi connectivity index (χ0) is 12.3. The van der Waals surface area contributed by atoms with E-state index in [1.165, 1.54) is 24.1 Å². The van der Waals surface area contributed by atoms with E-state index in [-0.39, 0.29) is 6.10 Å². The van der Waals surface area contributed by atoms with E-state index in [1.54, 1.807) is 7.11 Å². The summed E-state index contributed by atoms with van der Waals surface area (Å²) in [6.45, 7) is 2.09. The SMILES string of the molecule is CCC(OC)c1nc2c(c(NC)n1)CCCC2. The number of hydrogen-bond acceptors (Lipinski definition) is 4. The van der Waals surface area contributed by atoms with Crippen LogP contribution in [0.4, 0.5) is 5.82 Å². The predicted octanol–water partition coefficient (Wildman–Crippen LogP) is 2.49. The van der Waals surface area contributed by atoms with E-state index in [2.05, 4.69) is 22.2 Å². The van der Waals surface area contributed by atoms with Crippen LogP contribution in [0.1, 0.15) is 49.4 Å². The molecule has 0 aromatic carbocycles. The van der Waals surface area contributed by atoms with E-state index in [1.807, 2.05) is 7.05 Å². The van der Waals surface area contributed by atoms with E-state index in [4.69, 9.17) is 4.74 Å². The van der Waals surface area contributed by atoms with Crippen LogP contribution in [0.25, 0.3) is 0 Å². The lowest BCUT2D eigenvalue weighted by atomic mass is 9.96. The largest absolute Gasteiger partial charge is 0.373 e. The standard InChI is InChI=1S/C13H21N3O/c1-4-11(17-3)13-15-10-8-6-5-7-9(10)12(14-2)16-13/h11H,4-8H2,1-3H3,(H,14,15,16). The summed E-state index contributed by atoms with van der Waals surface area (Å²) in [7, 11) is 3.64. The van der Waals surface area contributed by atoms with Crippen molar-refractivity contribution in [3.05, 3.63) is 17.1 Å². The number of rotatable bonds is 4. The van der Waals surface area contributed by atoms with E-state index in [0.29, 0.717) is 0 Å². The number of hydrogen-bond donors (Lipinski definition) is 1. The number of methoxy groups -OCH3 is 1. The van der Waals surface area contributed by atoms with Crippen LogP contribution >= 0.6 is 0 Å². The van der Waals surface area contributed by atoms with Gasteiger partial charge in [0.15, 0.2) is 5.82 Å². The van der Waals surface area contributed by atoms with Gasteiger partial charge in [0.2, 0.25) is 0 Å². The van der Waals surface area contributed by atoms with Gasteiger partial charge in [-0.3, -0.25) is 0 Å². The summed E-state index contributed by atoms with van der Waals surface area (Å²) in [5, 5.41) is 3.19. The molecule has 0 spiro atoms. The first-order valence-electron chi connectivity index (χ1n) is 6.40. The highest BCUT2D eigenvalue weighted by atomic mass is 16.5. The van der Waals surface area contributed by atoms with Gasteiger partial charge in [0.1, 0.15) is 11.9 Å². The summed E-state index contributed by atoms with van der Waals surface area (Å²) in [5.74, 6) is 1.81. The van der Waals surface area contributed by atoms with Gasteiger partial charge in [-0.25, -0.2) is 9.97 Å². The van der Waals surface area contributed by atoms with Crippen LogP contribution in [0.3, 0.4) is 0 Å². The Kier molecular flexibility index (Phi) is 3.94. The summed E-state index contributed by atoms with van der Waals surface area (Å²) in [6, 6.07) is 0. The summed E-state index contributed by atoms with van der Waals surface area (Å²) < 4.78 is 5.42. The van der Waals surface area contributed by atoms with Crippen LogP contribution < -0.4 is 5.32 Å². The van der Waals surface area contributed by atoms with Crippen molar-refractivity contribution in [2.45, 2.75) is 45.1 Å². The molecular weight excluding hydrogens is 214 g/mol. The third-order valence-electron chi connectivity index (χ3n) is 3.38. The highest BCUT2D eigenvalue weighted by Crippen LogP contribution is 2.27. The zero-order valence-electron chi connectivity index (χ0n) is 10.9. The minimum atomic E-state index is 0.00864. The highest BCUT2D eigenvalue weighted by Gasteiger charge is 2.20. The first-order chi connectivity index (χ1) is 8.30. The van der Waals surface area contributed by atoms with Crippen molar-refractivity contribution in [2.75, 3.05) is 19.5 Å². The fourth-order valence-corrected chi connectivity index (χ4v) is 2.42. The van der Waals surface area contributed by atoms with Gasteiger partial charge in [0.25, 0.3) is 0 Å². The van der Waals surface area contributed by atoms with Crippen LogP contribution in [0.15, 0.2) is 0 Å². The van der Waals surface area contributed by atoms with E-state index >= 15 is 0 Å². The van der Waals surface area contributed by atoms with Gasteiger partial charge in [-0.1, -0.05) is 6.92 Å². The minimum absolute atomic E-state index is 0.00864. The summed E-state index contributed by atoms with van der Waals surface area (Å²) >= 11 is 0. The maximum atomic E-state index is 5.42. The first kappa shape index (κ1) is 12.3. The maximum Gasteiger partial charge on any atom is 0.159 e. The molecule has 1 aliphatic carbocycles. The number of ether oxygens (including phenoxy) is 1. The molecule has 4 nitrogen and oxygen atoms in total. The second-order valence-electron chi connectivity index (χ2n) is 4.45. The van der Waals surface area contributed by atoms with Gasteiger partial charge in [0, 0.05) is 25.4 Å². The molecule has 4 heteroatoms. The molecule has 0 saturated carbocycles. The first-order valence-corrected chi connectivity index (χ1v) is 6.40. The molecular formula is C13H21N3O. The zero-order valence-corrected chi connectivity index (χ0v) is 10.9. The van der Waals surface area contributed by atoms with Gasteiger partial charge in [-0.05, 0) is 32.1 Å². The predicted molar refractivity (Wildman–Crippen MR) is 68.3 cm³/mol. The van der Waals surface area contributed by atoms with Crippen LogP contribution in [0.2, 0.25) is 0 Å². The van der Waals surface area contributed by atoms with Gasteiger partial charge in [-0.15, -0.1) is 0 Å². The second kappa shape index (κ2) is 5.45. The lowest BCUT2D eigenvalue weighted by molar-refractivity contribution is 0.0924. The monoisotopic (exact) mass is 235 g/mol. The number of anilines is 1. The van der Waals surface area contributed by atoms with Crippen molar-refractivity contribution in [3.8, 4) is 0 Å². The normalized spacial score (nSPS) is 16.4. The van der Waals surface area contributed by atoms with Crippen molar-refractivity contribution >= 4 is 5.82 Å². The van der Waals surface area contributed by atoms with Crippen molar-refractivity contribution in [3.63, 3.8) is 0 Å². The molecule has 0 fully saturated rings. The van der Waals surface area contributed by atoms with Crippen molar-refractivity contribution in [1.29, 1.82) is 0 Å². The minimum Gasteiger partial charge on any atom is -0.373 e. The average molecular weight is 235 g/mol. The molecule has 1 aromatic heterocycles. The van der Waals surface area contributed by atoms with Crippen molar-refractivity contribution in [1.82, 2.24) is 9.97 Å². The molecule has 0 bridgehead atoms. The Bertz CT molecular complexity index is 371. The molecule has 1 unspecified atom stereocenters. The van der Waals surface area contributed by atoms with Gasteiger partial charge < -0.3 is 10.1 Å². The fraction of sp³-hybridized carbons (Fsp3) is 0.692. The van der Waals surface area contributed by atoms with Gasteiger partial charge in [0.05, 0.1) is 0 Å². The maximum absolute atomic E-state index is 5.42. The van der Waals surface area contributed by atoms with E-state index < -0.39 is 0 Å². The van der Waals surface area contributed by atoms with Gasteiger partial charge >= 0.3 is 0 Å². The molecule has 1 heterocycles. The Balaban J connectivity index is 2.42. The Hall–Kier alpha value is -1.16. The van der Waals surface area contributed by atoms with E-state index in [0.717, 1.165) is 30.9 Å². The molecule has 0 saturated heterocycles. The van der Waals surface area contributed by atoms with Crippen LogP contribution in [-0.4, -0.2) is 24.1 Å². The molecule has 17 heavy (non-hydrogen) atoms. The third-order valence-corrected chi connectivity index (χ3v) is 3.38. The number of nitrogens with one attached hydrogen (secondary N) is 1. The molecule has 0 aliphatic heterocycles. The molecule has 0 radical (unpaired) electrons. The number of aryl methyl sites for hydroxylation is 1. The lowest BCUT2D eigenvalue weighted by Gasteiger charge is -2.21. The number of nitrogens with zero attached hydrogens (tertiary/aromatic N) is 2. The Morgan fingerprint density at radius 1 is 1.29 bits per heavy atom. The van der Waals surface area contributed by atoms with Gasteiger partial charge in [-0.2, -0.15) is 0 Å². The summed E-state index contributed by atoms with van der Waals surface area (Å²) in [4.78, 5) is 9.29. The Labute approximate surface area is 103 Å². The smallest absolute Gasteiger partial charge is 0.159 e. The molecule has 94 valence electrons. The molecule has 1 atom stereocenters. The Morgan fingerprint density at radius 3 is 2.71 bits per heavy atom. The topological polar surface area (TPSA) is 47.0 Å². The molecule has 0 amide bonds. The molecule has 1 aliphatic rings. The number of fused-ring (bicyclic) bond motifs is 1. The third kappa shape index (κ3) is 2.41. The molecule has 2 rings (SSSR count). The van der Waals surface area contributed by atoms with Crippen LogP contribution in [0, 0.1) is 0 Å². The highest BCUT2D eigenvalue weighted by molar-refractivity contribution is 5.47. The van der Waals surface area contributed by atoms with Crippen LogP contribution in [-0.2, 0) is 17.6 Å². The molecule has 1 aromatic rings. The quantitative estimate of drug-likeness (QED) is 0.871. The Morgan fingerprint density at radius 2 is 2.06 bits per heavy atom. The summed E-state index contributed by atoms with van der Waals surface area (Å²) in [5.41, 5.74) is 2.51. The van der Waals surface area contributed by atoms with Crippen LogP contribution in [0.5, 0.6) is 0 Å². The fourth-order valence-electron chi connectivity index (χ4n) is 2.42. The lowest BCUT2D eigenvalue weighted by Crippen LogP contribution is -2.15. The second-order valence-corrected chi connectivity index (χ2v) is 4.45. The van der Waals surface area contributed by atoms with Crippen molar-refractivity contribution < 1.29 is 4.74 Å². The number of aromatic nitrogens is 2.